The van der Waals surface area contributed by atoms with Crippen LogP contribution in [0.15, 0.2) is 41.3 Å². The van der Waals surface area contributed by atoms with Crippen LogP contribution in [0.25, 0.3) is 0 Å². The van der Waals surface area contributed by atoms with Crippen LogP contribution < -0.4 is 4.72 Å². The minimum Gasteiger partial charge on any atom is -0.465 e. The van der Waals surface area contributed by atoms with Crippen molar-refractivity contribution in [2.45, 2.75) is 50.0 Å². The van der Waals surface area contributed by atoms with Crippen molar-refractivity contribution in [1.29, 1.82) is 0 Å². The number of fused-ring (bicyclic) bond motifs is 1. The van der Waals surface area contributed by atoms with E-state index in [1.54, 1.807) is 0 Å². The normalized spacial score (nSPS) is 15.0. The summed E-state index contributed by atoms with van der Waals surface area (Å²) >= 11 is 6.12. The topological polar surface area (TPSA) is 72.5 Å². The zero-order valence-electron chi connectivity index (χ0n) is 16.0. The predicted octanol–water partition coefficient (Wildman–Crippen LogP) is 4.44. The fourth-order valence-electron chi connectivity index (χ4n) is 3.56. The minimum absolute atomic E-state index is 0.0560. The lowest BCUT2D eigenvalue weighted by Crippen LogP contribution is -2.29. The maximum absolute atomic E-state index is 13.0. The summed E-state index contributed by atoms with van der Waals surface area (Å²) in [6, 6.07) is 9.90. The van der Waals surface area contributed by atoms with Crippen molar-refractivity contribution in [3.05, 3.63) is 63.7 Å². The van der Waals surface area contributed by atoms with E-state index >= 15 is 0 Å². The van der Waals surface area contributed by atoms with Gasteiger partial charge in [-0.05, 0) is 67.0 Å². The van der Waals surface area contributed by atoms with Crippen molar-refractivity contribution in [2.75, 3.05) is 7.11 Å². The van der Waals surface area contributed by atoms with E-state index in [4.69, 9.17) is 11.6 Å². The molecule has 0 amide bonds. The first-order chi connectivity index (χ1) is 13.4. The third-order valence-electron chi connectivity index (χ3n) is 5.12. The van der Waals surface area contributed by atoms with Gasteiger partial charge in [0.15, 0.2) is 0 Å². The molecule has 7 heteroatoms. The van der Waals surface area contributed by atoms with Gasteiger partial charge in [0.05, 0.1) is 17.7 Å². The average Bonchev–Trinajstić information content (AvgIpc) is 2.71. The van der Waals surface area contributed by atoms with Crippen molar-refractivity contribution >= 4 is 27.6 Å². The second-order valence-corrected chi connectivity index (χ2v) is 9.04. The van der Waals surface area contributed by atoms with Gasteiger partial charge in [-0.3, -0.25) is 0 Å². The molecule has 2 aromatic carbocycles. The molecule has 5 nitrogen and oxygen atoms in total. The Balaban J connectivity index is 1.91. The number of hydrogen-bond acceptors (Lipinski definition) is 4. The second kappa shape index (κ2) is 8.64. The molecule has 28 heavy (non-hydrogen) atoms. The van der Waals surface area contributed by atoms with Crippen LogP contribution in [0.4, 0.5) is 0 Å². The van der Waals surface area contributed by atoms with E-state index in [0.29, 0.717) is 6.42 Å². The molecular formula is C21H24ClNO4S. The third-order valence-corrected chi connectivity index (χ3v) is 7.08. The molecule has 0 radical (unpaired) electrons. The van der Waals surface area contributed by atoms with Crippen LogP contribution in [0.2, 0.25) is 5.02 Å². The average molecular weight is 422 g/mol. The summed E-state index contributed by atoms with van der Waals surface area (Å²) < 4.78 is 33.4. The summed E-state index contributed by atoms with van der Waals surface area (Å²) in [5.41, 5.74) is 3.72. The zero-order chi connectivity index (χ0) is 20.3. The molecule has 1 atom stereocenters. The van der Waals surface area contributed by atoms with Gasteiger partial charge >= 0.3 is 5.97 Å². The van der Waals surface area contributed by atoms with E-state index in [2.05, 4.69) is 21.6 Å². The van der Waals surface area contributed by atoms with E-state index in [-0.39, 0.29) is 21.5 Å². The molecule has 0 unspecified atom stereocenters. The number of carbonyl (C=O) groups is 1. The van der Waals surface area contributed by atoms with Crippen molar-refractivity contribution in [3.8, 4) is 0 Å². The SMILES string of the molecule is CC[C@H](NS(=O)(=O)c1cc(C(=O)OC)ccc1Cl)c1ccc2c(c1)CCCC2. The fourth-order valence-corrected chi connectivity index (χ4v) is 5.40. The third kappa shape index (κ3) is 4.40. The number of hydrogen-bond donors (Lipinski definition) is 1. The highest BCUT2D eigenvalue weighted by molar-refractivity contribution is 7.89. The zero-order valence-corrected chi connectivity index (χ0v) is 17.6. The van der Waals surface area contributed by atoms with Gasteiger partial charge in [0.25, 0.3) is 0 Å². The molecule has 0 aliphatic heterocycles. The lowest BCUT2D eigenvalue weighted by molar-refractivity contribution is 0.0600. The van der Waals surface area contributed by atoms with Crippen LogP contribution in [-0.2, 0) is 27.6 Å². The highest BCUT2D eigenvalue weighted by Crippen LogP contribution is 2.29. The van der Waals surface area contributed by atoms with Crippen molar-refractivity contribution in [2.24, 2.45) is 0 Å². The van der Waals surface area contributed by atoms with E-state index in [1.165, 1.54) is 42.9 Å². The van der Waals surface area contributed by atoms with Gasteiger partial charge in [0, 0.05) is 6.04 Å². The monoisotopic (exact) mass is 421 g/mol. The van der Waals surface area contributed by atoms with Crippen LogP contribution in [-0.4, -0.2) is 21.5 Å². The van der Waals surface area contributed by atoms with Gasteiger partial charge in [-0.2, -0.15) is 0 Å². The molecule has 0 saturated carbocycles. The highest BCUT2D eigenvalue weighted by atomic mass is 35.5. The van der Waals surface area contributed by atoms with Crippen LogP contribution in [0.5, 0.6) is 0 Å². The van der Waals surface area contributed by atoms with Gasteiger partial charge < -0.3 is 4.74 Å². The number of sulfonamides is 1. The Bertz CT molecular complexity index is 988. The maximum Gasteiger partial charge on any atom is 0.337 e. The van der Waals surface area contributed by atoms with Gasteiger partial charge in [-0.15, -0.1) is 0 Å². The van der Waals surface area contributed by atoms with Crippen LogP contribution in [0.3, 0.4) is 0 Å². The Labute approximate surface area is 171 Å². The Morgan fingerprint density at radius 1 is 1.14 bits per heavy atom. The van der Waals surface area contributed by atoms with Gasteiger partial charge in [-0.1, -0.05) is 36.7 Å². The number of benzene rings is 2. The lowest BCUT2D eigenvalue weighted by atomic mass is 9.89. The first-order valence-electron chi connectivity index (χ1n) is 9.37. The number of rotatable bonds is 6. The fraction of sp³-hybridized carbons (Fsp3) is 0.381. The molecule has 0 spiro atoms. The molecular weight excluding hydrogens is 398 g/mol. The molecule has 150 valence electrons. The highest BCUT2D eigenvalue weighted by Gasteiger charge is 2.25. The van der Waals surface area contributed by atoms with E-state index in [1.807, 2.05) is 13.0 Å². The standard InChI is InChI=1S/C21H24ClNO4S/c1-3-19(16-9-8-14-6-4-5-7-15(14)12-16)23-28(25,26)20-13-17(21(24)27-2)10-11-18(20)22/h8-13,19,23H,3-7H2,1-2H3/t19-/m0/s1. The second-order valence-electron chi connectivity index (χ2n) is 6.95. The number of carbonyl (C=O) groups excluding carboxylic acids is 1. The van der Waals surface area contributed by atoms with Crippen LogP contribution >= 0.6 is 11.6 Å². The molecule has 1 aliphatic rings. The van der Waals surface area contributed by atoms with Gasteiger partial charge in [0.2, 0.25) is 10.0 Å². The molecule has 2 aromatic rings. The first kappa shape index (κ1) is 20.8. The Kier molecular flexibility index (Phi) is 6.43. The smallest absolute Gasteiger partial charge is 0.337 e. The van der Waals surface area contributed by atoms with Gasteiger partial charge in [0.1, 0.15) is 4.90 Å². The number of aryl methyl sites for hydroxylation is 2. The quantitative estimate of drug-likeness (QED) is 0.700. The number of nitrogens with one attached hydrogen (secondary N) is 1. The number of ether oxygens (including phenoxy) is 1. The summed E-state index contributed by atoms with van der Waals surface area (Å²) in [6.07, 6.45) is 5.06. The van der Waals surface area contributed by atoms with Crippen LogP contribution in [0.1, 0.15) is 59.3 Å². The molecule has 0 aromatic heterocycles. The Hall–Kier alpha value is -1.89. The predicted molar refractivity (Wildman–Crippen MR) is 109 cm³/mol. The molecule has 3 rings (SSSR count). The van der Waals surface area contributed by atoms with E-state index < -0.39 is 16.0 Å². The number of esters is 1. The number of halogens is 1. The molecule has 0 heterocycles. The Morgan fingerprint density at radius 3 is 2.54 bits per heavy atom. The summed E-state index contributed by atoms with van der Waals surface area (Å²) in [4.78, 5) is 11.6. The molecule has 0 bridgehead atoms. The molecule has 1 N–H and O–H groups in total. The molecule has 1 aliphatic carbocycles. The first-order valence-corrected chi connectivity index (χ1v) is 11.2. The van der Waals surface area contributed by atoms with Crippen molar-refractivity contribution < 1.29 is 17.9 Å². The van der Waals surface area contributed by atoms with Gasteiger partial charge in [-0.25, -0.2) is 17.9 Å². The van der Waals surface area contributed by atoms with E-state index in [0.717, 1.165) is 24.8 Å². The lowest BCUT2D eigenvalue weighted by Gasteiger charge is -2.22. The summed E-state index contributed by atoms with van der Waals surface area (Å²) in [5, 5.41) is 0.0560. The largest absolute Gasteiger partial charge is 0.465 e. The van der Waals surface area contributed by atoms with E-state index in [9.17, 15) is 13.2 Å². The van der Waals surface area contributed by atoms with Crippen LogP contribution in [0, 0.1) is 0 Å². The molecule has 0 fully saturated rings. The summed E-state index contributed by atoms with van der Waals surface area (Å²) in [6.45, 7) is 1.93. The number of methoxy groups -OCH3 is 1. The Morgan fingerprint density at radius 2 is 1.86 bits per heavy atom. The van der Waals surface area contributed by atoms with Crippen molar-refractivity contribution in [1.82, 2.24) is 4.72 Å². The summed E-state index contributed by atoms with van der Waals surface area (Å²) in [5.74, 6) is -0.616. The maximum atomic E-state index is 13.0. The summed E-state index contributed by atoms with van der Waals surface area (Å²) in [7, 11) is -2.68. The van der Waals surface area contributed by atoms with Crippen molar-refractivity contribution in [3.63, 3.8) is 0 Å². The minimum atomic E-state index is -3.93. The molecule has 0 saturated heterocycles.